The molecule has 2 heteroatoms. The Bertz CT molecular complexity index is 735. The average molecular weight is 292 g/mol. The van der Waals surface area contributed by atoms with Crippen LogP contribution >= 0.6 is 0 Å². The van der Waals surface area contributed by atoms with E-state index in [0.29, 0.717) is 6.04 Å². The molecule has 2 heterocycles. The summed E-state index contributed by atoms with van der Waals surface area (Å²) >= 11 is 0. The van der Waals surface area contributed by atoms with Crippen molar-refractivity contribution < 1.29 is 0 Å². The van der Waals surface area contributed by atoms with Crippen molar-refractivity contribution in [3.8, 4) is 0 Å². The van der Waals surface area contributed by atoms with Crippen LogP contribution in [-0.2, 0) is 13.5 Å². The molecule has 0 bridgehead atoms. The SMILES string of the molecule is CC1Cc2ccccc2N1.Cc1c(C)n(C)c2ccccc12. The molecule has 4 rings (SSSR count). The van der Waals surface area contributed by atoms with Gasteiger partial charge in [-0.15, -0.1) is 0 Å². The Balaban J connectivity index is 0.000000133. The Kier molecular flexibility index (Phi) is 3.93. The average Bonchev–Trinajstić information content (AvgIpc) is 3.02. The molecule has 0 fully saturated rings. The minimum absolute atomic E-state index is 0.623. The van der Waals surface area contributed by atoms with Crippen LogP contribution in [0.5, 0.6) is 0 Å². The standard InChI is InChI=1S/C11H13N.C9H11N/c1-8-9(2)12(3)11-7-5-4-6-10(8)11;1-7-6-8-4-2-3-5-9(8)10-7/h4-7H,1-3H3;2-5,7,10H,6H2,1H3. The molecule has 1 aliphatic heterocycles. The molecule has 1 aromatic heterocycles. The van der Waals surface area contributed by atoms with Crippen molar-refractivity contribution in [3.05, 3.63) is 65.4 Å². The number of hydrogen-bond acceptors (Lipinski definition) is 1. The van der Waals surface area contributed by atoms with Gasteiger partial charge in [0.1, 0.15) is 0 Å². The predicted octanol–water partition coefficient (Wildman–Crippen LogP) is 4.84. The fourth-order valence-corrected chi connectivity index (χ4v) is 3.20. The highest BCUT2D eigenvalue weighted by Crippen LogP contribution is 2.24. The van der Waals surface area contributed by atoms with E-state index < -0.39 is 0 Å². The van der Waals surface area contributed by atoms with E-state index in [4.69, 9.17) is 0 Å². The molecule has 3 aromatic rings. The quantitative estimate of drug-likeness (QED) is 0.627. The molecule has 0 saturated carbocycles. The molecule has 0 radical (unpaired) electrons. The Morgan fingerprint density at radius 3 is 2.41 bits per heavy atom. The van der Waals surface area contributed by atoms with Gasteiger partial charge in [0.25, 0.3) is 0 Å². The highest BCUT2D eigenvalue weighted by Gasteiger charge is 2.14. The van der Waals surface area contributed by atoms with Gasteiger partial charge in [0.2, 0.25) is 0 Å². The third kappa shape index (κ3) is 2.61. The summed E-state index contributed by atoms with van der Waals surface area (Å²) in [7, 11) is 2.12. The van der Waals surface area contributed by atoms with Gasteiger partial charge in [0, 0.05) is 35.4 Å². The molecule has 0 saturated heterocycles. The zero-order valence-corrected chi connectivity index (χ0v) is 13.9. The lowest BCUT2D eigenvalue weighted by Crippen LogP contribution is -2.08. The molecule has 0 spiro atoms. The van der Waals surface area contributed by atoms with Crippen LogP contribution in [0.25, 0.3) is 10.9 Å². The third-order valence-electron chi connectivity index (χ3n) is 4.66. The Morgan fingerprint density at radius 2 is 1.68 bits per heavy atom. The molecule has 1 atom stereocenters. The zero-order valence-electron chi connectivity index (χ0n) is 13.9. The number of benzene rings is 2. The number of rotatable bonds is 0. The van der Waals surface area contributed by atoms with Crippen LogP contribution in [0.15, 0.2) is 48.5 Å². The van der Waals surface area contributed by atoms with Gasteiger partial charge in [-0.2, -0.15) is 0 Å². The predicted molar refractivity (Wildman–Crippen MR) is 95.6 cm³/mol. The first-order valence-electron chi connectivity index (χ1n) is 7.93. The van der Waals surface area contributed by atoms with Gasteiger partial charge in [-0.25, -0.2) is 0 Å². The van der Waals surface area contributed by atoms with E-state index in [1.165, 1.54) is 39.8 Å². The van der Waals surface area contributed by atoms with E-state index in [-0.39, 0.29) is 0 Å². The molecular formula is C20H24N2. The lowest BCUT2D eigenvalue weighted by molar-refractivity contribution is 0.839. The number of nitrogens with zero attached hydrogens (tertiary/aromatic N) is 1. The van der Waals surface area contributed by atoms with Gasteiger partial charge < -0.3 is 9.88 Å². The number of anilines is 1. The molecule has 114 valence electrons. The van der Waals surface area contributed by atoms with Gasteiger partial charge in [-0.05, 0) is 50.5 Å². The minimum Gasteiger partial charge on any atom is -0.382 e. The van der Waals surface area contributed by atoms with Crippen molar-refractivity contribution in [1.82, 2.24) is 4.57 Å². The number of aromatic nitrogens is 1. The fourth-order valence-electron chi connectivity index (χ4n) is 3.20. The van der Waals surface area contributed by atoms with Crippen molar-refractivity contribution in [2.45, 2.75) is 33.2 Å². The summed E-state index contributed by atoms with van der Waals surface area (Å²) in [5, 5.41) is 4.77. The Labute approximate surface area is 132 Å². The summed E-state index contributed by atoms with van der Waals surface area (Å²) in [6, 6.07) is 17.6. The fraction of sp³-hybridized carbons (Fsp3) is 0.300. The molecule has 22 heavy (non-hydrogen) atoms. The summed E-state index contributed by atoms with van der Waals surface area (Å²) in [6.45, 7) is 6.55. The zero-order chi connectivity index (χ0) is 15.7. The maximum absolute atomic E-state index is 3.40. The summed E-state index contributed by atoms with van der Waals surface area (Å²) in [6.07, 6.45) is 1.18. The second-order valence-electron chi connectivity index (χ2n) is 6.19. The van der Waals surface area contributed by atoms with Gasteiger partial charge >= 0.3 is 0 Å². The van der Waals surface area contributed by atoms with Gasteiger partial charge in [0.05, 0.1) is 0 Å². The Hall–Kier alpha value is -2.22. The first-order chi connectivity index (χ1) is 10.6. The normalized spacial score (nSPS) is 15.9. The number of hydrogen-bond donors (Lipinski definition) is 1. The lowest BCUT2D eigenvalue weighted by Gasteiger charge is -2.00. The van der Waals surface area contributed by atoms with E-state index in [1.807, 2.05) is 0 Å². The van der Waals surface area contributed by atoms with E-state index in [1.54, 1.807) is 0 Å². The van der Waals surface area contributed by atoms with E-state index in [2.05, 4.69) is 86.2 Å². The van der Waals surface area contributed by atoms with Crippen LogP contribution in [0, 0.1) is 13.8 Å². The van der Waals surface area contributed by atoms with E-state index in [9.17, 15) is 0 Å². The smallest absolute Gasteiger partial charge is 0.0482 e. The topological polar surface area (TPSA) is 17.0 Å². The maximum atomic E-state index is 3.40. The molecule has 2 aromatic carbocycles. The van der Waals surface area contributed by atoms with Gasteiger partial charge in [-0.1, -0.05) is 36.4 Å². The largest absolute Gasteiger partial charge is 0.382 e. The molecule has 1 unspecified atom stereocenters. The van der Waals surface area contributed by atoms with Crippen LogP contribution in [0.4, 0.5) is 5.69 Å². The highest BCUT2D eigenvalue weighted by molar-refractivity contribution is 5.85. The first kappa shape index (κ1) is 14.7. The van der Waals surface area contributed by atoms with Gasteiger partial charge in [-0.3, -0.25) is 0 Å². The van der Waals surface area contributed by atoms with E-state index in [0.717, 1.165) is 0 Å². The molecule has 0 aliphatic carbocycles. The highest BCUT2D eigenvalue weighted by atomic mass is 14.9. The summed E-state index contributed by atoms with van der Waals surface area (Å²) in [5.41, 5.74) is 6.85. The maximum Gasteiger partial charge on any atom is 0.0482 e. The monoisotopic (exact) mass is 292 g/mol. The van der Waals surface area contributed by atoms with Crippen LogP contribution in [0.1, 0.15) is 23.7 Å². The van der Waals surface area contributed by atoms with Gasteiger partial charge in [0.15, 0.2) is 0 Å². The van der Waals surface area contributed by atoms with Crippen molar-refractivity contribution in [3.63, 3.8) is 0 Å². The van der Waals surface area contributed by atoms with Crippen LogP contribution in [0.2, 0.25) is 0 Å². The molecule has 1 N–H and O–H groups in total. The van der Waals surface area contributed by atoms with E-state index >= 15 is 0 Å². The summed E-state index contributed by atoms with van der Waals surface area (Å²) in [5.74, 6) is 0. The second kappa shape index (κ2) is 5.88. The lowest BCUT2D eigenvalue weighted by atomic mass is 10.1. The van der Waals surface area contributed by atoms with Crippen molar-refractivity contribution in [1.29, 1.82) is 0 Å². The summed E-state index contributed by atoms with van der Waals surface area (Å²) < 4.78 is 2.24. The Morgan fingerprint density at radius 1 is 1.00 bits per heavy atom. The molecule has 0 amide bonds. The number of para-hydroxylation sites is 2. The van der Waals surface area contributed by atoms with Crippen LogP contribution in [-0.4, -0.2) is 10.6 Å². The molecular weight excluding hydrogens is 268 g/mol. The first-order valence-corrected chi connectivity index (χ1v) is 7.93. The number of aryl methyl sites for hydroxylation is 2. The van der Waals surface area contributed by atoms with Crippen molar-refractivity contribution in [2.24, 2.45) is 7.05 Å². The van der Waals surface area contributed by atoms with Crippen LogP contribution < -0.4 is 5.32 Å². The van der Waals surface area contributed by atoms with Crippen molar-refractivity contribution >= 4 is 16.6 Å². The third-order valence-corrected chi connectivity index (χ3v) is 4.66. The molecule has 1 aliphatic rings. The number of nitrogens with one attached hydrogen (secondary N) is 1. The van der Waals surface area contributed by atoms with Crippen LogP contribution in [0.3, 0.4) is 0 Å². The number of fused-ring (bicyclic) bond motifs is 2. The molecule has 2 nitrogen and oxygen atoms in total. The minimum atomic E-state index is 0.623. The summed E-state index contributed by atoms with van der Waals surface area (Å²) in [4.78, 5) is 0. The second-order valence-corrected chi connectivity index (χ2v) is 6.19. The van der Waals surface area contributed by atoms with Crippen molar-refractivity contribution in [2.75, 3.05) is 5.32 Å².